The van der Waals surface area contributed by atoms with Gasteiger partial charge in [-0.1, -0.05) is 22.9 Å². The van der Waals surface area contributed by atoms with Crippen LogP contribution < -0.4 is 5.32 Å². The lowest BCUT2D eigenvalue weighted by Crippen LogP contribution is -2.45. The molecule has 7 heteroatoms. The molecule has 0 radical (unpaired) electrons. The maximum absolute atomic E-state index is 12.4. The summed E-state index contributed by atoms with van der Waals surface area (Å²) in [6.45, 7) is 7.31. The van der Waals surface area contributed by atoms with Crippen LogP contribution in [0.2, 0.25) is 0 Å². The third-order valence-electron chi connectivity index (χ3n) is 4.21. The van der Waals surface area contributed by atoms with Crippen molar-refractivity contribution in [3.05, 3.63) is 28.7 Å². The molecule has 1 aromatic carbocycles. The molecule has 0 unspecified atom stereocenters. The Bertz CT molecular complexity index is 651. The van der Waals surface area contributed by atoms with Crippen molar-refractivity contribution in [2.75, 3.05) is 31.9 Å². The minimum Gasteiger partial charge on any atom is -0.357 e. The fourth-order valence-electron chi connectivity index (χ4n) is 2.68. The first-order chi connectivity index (χ1) is 11.4. The number of piperidine rings is 1. The Kier molecular flexibility index (Phi) is 7.10. The van der Waals surface area contributed by atoms with Gasteiger partial charge in [0.1, 0.15) is 0 Å². The quantitative estimate of drug-likeness (QED) is 0.592. The van der Waals surface area contributed by atoms with Crippen molar-refractivity contribution >= 4 is 31.7 Å². The zero-order chi connectivity index (χ0) is 17.6. The number of guanidine groups is 1. The van der Waals surface area contributed by atoms with E-state index in [9.17, 15) is 8.42 Å². The molecule has 1 fully saturated rings. The lowest BCUT2D eigenvalue weighted by Gasteiger charge is -2.33. The average molecular weight is 416 g/mol. The van der Waals surface area contributed by atoms with Gasteiger partial charge < -0.3 is 10.2 Å². The van der Waals surface area contributed by atoms with E-state index in [2.05, 4.69) is 38.1 Å². The van der Waals surface area contributed by atoms with Crippen LogP contribution in [-0.4, -0.2) is 51.2 Å². The van der Waals surface area contributed by atoms with Gasteiger partial charge in [0.25, 0.3) is 0 Å². The Morgan fingerprint density at radius 3 is 2.50 bits per heavy atom. The Hall–Kier alpha value is -1.08. The number of rotatable bonds is 5. The zero-order valence-electron chi connectivity index (χ0n) is 14.3. The van der Waals surface area contributed by atoms with E-state index in [4.69, 9.17) is 0 Å². The fraction of sp³-hybridized carbons (Fsp3) is 0.588. The van der Waals surface area contributed by atoms with E-state index in [0.29, 0.717) is 4.90 Å². The Labute approximate surface area is 153 Å². The summed E-state index contributed by atoms with van der Waals surface area (Å²) in [4.78, 5) is 7.11. The molecule has 1 heterocycles. The van der Waals surface area contributed by atoms with Crippen LogP contribution in [-0.2, 0) is 9.84 Å². The van der Waals surface area contributed by atoms with Gasteiger partial charge in [0.2, 0.25) is 0 Å². The highest BCUT2D eigenvalue weighted by molar-refractivity contribution is 9.10. The summed E-state index contributed by atoms with van der Waals surface area (Å²) in [7, 11) is -3.30. The number of hydrogen-bond acceptors (Lipinski definition) is 3. The predicted octanol–water partition coefficient (Wildman–Crippen LogP) is 2.92. The maximum atomic E-state index is 12.4. The average Bonchev–Trinajstić information content (AvgIpc) is 2.55. The maximum Gasteiger partial charge on any atom is 0.193 e. The number of nitrogens with zero attached hydrogens (tertiary/aromatic N) is 2. The lowest BCUT2D eigenvalue weighted by atomic mass is 10.00. The molecule has 0 saturated carbocycles. The molecule has 1 aliphatic rings. The van der Waals surface area contributed by atoms with Crippen molar-refractivity contribution in [2.45, 2.75) is 31.6 Å². The van der Waals surface area contributed by atoms with Crippen LogP contribution in [0.3, 0.4) is 0 Å². The second-order valence-corrected chi connectivity index (χ2v) is 9.20. The highest BCUT2D eigenvalue weighted by Gasteiger charge is 2.19. The zero-order valence-corrected chi connectivity index (χ0v) is 16.7. The van der Waals surface area contributed by atoms with Crippen LogP contribution in [0.15, 0.2) is 38.6 Å². The first-order valence-electron chi connectivity index (χ1n) is 8.44. The molecule has 1 aromatic rings. The van der Waals surface area contributed by atoms with Gasteiger partial charge >= 0.3 is 0 Å². The summed E-state index contributed by atoms with van der Waals surface area (Å²) in [5.41, 5.74) is 0. The summed E-state index contributed by atoms with van der Waals surface area (Å²) in [6, 6.07) is 6.74. The molecular weight excluding hydrogens is 390 g/mol. The van der Waals surface area contributed by atoms with Gasteiger partial charge in [0.05, 0.1) is 17.2 Å². The van der Waals surface area contributed by atoms with E-state index >= 15 is 0 Å². The molecule has 0 atom stereocenters. The SMILES string of the molecule is CCNC(=NCCS(=O)(=O)c1ccc(Br)cc1)N1CCC(C)CC1. The molecule has 1 N–H and O–H groups in total. The molecule has 5 nitrogen and oxygen atoms in total. The third-order valence-corrected chi connectivity index (χ3v) is 6.45. The standard InChI is InChI=1S/C17H26BrN3O2S/c1-3-19-17(21-11-8-14(2)9-12-21)20-10-13-24(22,23)16-6-4-15(18)5-7-16/h4-7,14H,3,8-13H2,1-2H3,(H,19,20). The lowest BCUT2D eigenvalue weighted by molar-refractivity contribution is 0.273. The van der Waals surface area contributed by atoms with E-state index < -0.39 is 9.84 Å². The molecule has 0 aliphatic carbocycles. The van der Waals surface area contributed by atoms with Crippen LogP contribution >= 0.6 is 15.9 Å². The van der Waals surface area contributed by atoms with Gasteiger partial charge in [-0.05, 0) is 49.9 Å². The van der Waals surface area contributed by atoms with Gasteiger partial charge in [-0.25, -0.2) is 8.42 Å². The predicted molar refractivity (Wildman–Crippen MR) is 102 cm³/mol. The van der Waals surface area contributed by atoms with Gasteiger partial charge in [-0.2, -0.15) is 0 Å². The first kappa shape index (κ1) is 19.2. The minimum atomic E-state index is -3.30. The summed E-state index contributed by atoms with van der Waals surface area (Å²) in [5.74, 6) is 1.60. The van der Waals surface area contributed by atoms with Crippen molar-refractivity contribution in [2.24, 2.45) is 10.9 Å². The number of likely N-dealkylation sites (tertiary alicyclic amines) is 1. The van der Waals surface area contributed by atoms with Crippen molar-refractivity contribution in [3.63, 3.8) is 0 Å². The number of nitrogens with one attached hydrogen (secondary N) is 1. The Morgan fingerprint density at radius 1 is 1.29 bits per heavy atom. The van der Waals surface area contributed by atoms with Crippen molar-refractivity contribution in [3.8, 4) is 0 Å². The molecule has 2 rings (SSSR count). The van der Waals surface area contributed by atoms with Gasteiger partial charge in [-0.3, -0.25) is 4.99 Å². The van der Waals surface area contributed by atoms with Gasteiger partial charge in [0, 0.05) is 24.1 Å². The minimum absolute atomic E-state index is 0.0216. The third kappa shape index (κ3) is 5.48. The molecule has 0 bridgehead atoms. The van der Waals surface area contributed by atoms with E-state index in [1.54, 1.807) is 24.3 Å². The second kappa shape index (κ2) is 8.85. The topological polar surface area (TPSA) is 61.8 Å². The highest BCUT2D eigenvalue weighted by atomic mass is 79.9. The number of aliphatic imine (C=N–C) groups is 1. The summed E-state index contributed by atoms with van der Waals surface area (Å²) in [5, 5.41) is 3.28. The van der Waals surface area contributed by atoms with Crippen molar-refractivity contribution in [1.29, 1.82) is 0 Å². The van der Waals surface area contributed by atoms with Crippen LogP contribution in [0.4, 0.5) is 0 Å². The molecule has 134 valence electrons. The van der Waals surface area contributed by atoms with E-state index in [-0.39, 0.29) is 12.3 Å². The number of benzene rings is 1. The van der Waals surface area contributed by atoms with Crippen molar-refractivity contribution < 1.29 is 8.42 Å². The van der Waals surface area contributed by atoms with Crippen LogP contribution in [0, 0.1) is 5.92 Å². The second-order valence-electron chi connectivity index (χ2n) is 6.18. The van der Waals surface area contributed by atoms with Crippen LogP contribution in [0.5, 0.6) is 0 Å². The van der Waals surface area contributed by atoms with Gasteiger partial charge in [-0.15, -0.1) is 0 Å². The smallest absolute Gasteiger partial charge is 0.193 e. The van der Waals surface area contributed by atoms with Gasteiger partial charge in [0.15, 0.2) is 15.8 Å². The molecule has 1 aliphatic heterocycles. The highest BCUT2D eigenvalue weighted by Crippen LogP contribution is 2.17. The number of sulfone groups is 1. The summed E-state index contributed by atoms with van der Waals surface area (Å²) < 4.78 is 25.6. The summed E-state index contributed by atoms with van der Waals surface area (Å²) in [6.07, 6.45) is 2.31. The van der Waals surface area contributed by atoms with E-state index in [1.807, 2.05) is 6.92 Å². The van der Waals surface area contributed by atoms with Crippen LogP contribution in [0.1, 0.15) is 26.7 Å². The summed E-state index contributed by atoms with van der Waals surface area (Å²) >= 11 is 3.32. The number of hydrogen-bond donors (Lipinski definition) is 1. The molecule has 0 spiro atoms. The number of halogens is 1. The monoisotopic (exact) mass is 415 g/mol. The van der Waals surface area contributed by atoms with Crippen molar-refractivity contribution in [1.82, 2.24) is 10.2 Å². The largest absolute Gasteiger partial charge is 0.357 e. The van der Waals surface area contributed by atoms with E-state index in [1.165, 1.54) is 0 Å². The fourth-order valence-corrected chi connectivity index (χ4v) is 4.06. The van der Waals surface area contributed by atoms with E-state index in [0.717, 1.165) is 48.8 Å². The molecule has 0 amide bonds. The molecule has 24 heavy (non-hydrogen) atoms. The van der Waals surface area contributed by atoms with Crippen LogP contribution in [0.25, 0.3) is 0 Å². The molecule has 1 saturated heterocycles. The molecule has 0 aromatic heterocycles. The Morgan fingerprint density at radius 2 is 1.92 bits per heavy atom. The Balaban J connectivity index is 1.99. The molecular formula is C17H26BrN3O2S. The normalized spacial score (nSPS) is 17.1. The first-order valence-corrected chi connectivity index (χ1v) is 10.9.